The quantitative estimate of drug-likeness (QED) is 0.254. The maximum absolute atomic E-state index is 14.0. The van der Waals surface area contributed by atoms with Crippen LogP contribution in [0.1, 0.15) is 41.9 Å². The number of Topliss-reactive ketones (excluding diaryl/α,β-unsaturated/α-hetero) is 2. The fraction of sp³-hybridized carbons (Fsp3) is 0.0667. The summed E-state index contributed by atoms with van der Waals surface area (Å²) in [5.41, 5.74) is 4.54. The highest BCUT2D eigenvalue weighted by Crippen LogP contribution is 2.43. The standard InChI is InChI=1S/C30H20N2O2S2/c1-17-25(31-29(35-17)19-11-5-3-6-12-19)23-24(28(34)22-16-10-9-15-21(22)27(23)33)26-18(2)36-30(32-26)20-13-7-4-8-14-20/h3-16H,1-2H3. The summed E-state index contributed by atoms with van der Waals surface area (Å²) in [5, 5.41) is 1.63. The van der Waals surface area contributed by atoms with E-state index in [4.69, 9.17) is 9.97 Å². The third-order valence-electron chi connectivity index (χ3n) is 6.23. The maximum Gasteiger partial charge on any atom is 0.196 e. The summed E-state index contributed by atoms with van der Waals surface area (Å²) >= 11 is 3.05. The van der Waals surface area contributed by atoms with E-state index >= 15 is 0 Å². The van der Waals surface area contributed by atoms with Gasteiger partial charge in [0.05, 0.1) is 22.5 Å². The average molecular weight is 505 g/mol. The lowest BCUT2D eigenvalue weighted by molar-refractivity contribution is 0.101. The van der Waals surface area contributed by atoms with Crippen LogP contribution < -0.4 is 0 Å². The molecule has 36 heavy (non-hydrogen) atoms. The van der Waals surface area contributed by atoms with Crippen molar-refractivity contribution in [3.63, 3.8) is 0 Å². The largest absolute Gasteiger partial charge is 0.288 e. The van der Waals surface area contributed by atoms with Gasteiger partial charge in [0.15, 0.2) is 11.6 Å². The Labute approximate surface area is 216 Å². The molecule has 0 radical (unpaired) electrons. The smallest absolute Gasteiger partial charge is 0.196 e. The Bertz CT molecular complexity index is 1550. The van der Waals surface area contributed by atoms with Crippen molar-refractivity contribution in [3.05, 3.63) is 117 Å². The molecule has 0 saturated carbocycles. The molecule has 0 aliphatic heterocycles. The number of hydrogen-bond donors (Lipinski definition) is 0. The Morgan fingerprint density at radius 1 is 0.528 bits per heavy atom. The maximum atomic E-state index is 14.0. The molecule has 3 aromatic carbocycles. The molecule has 0 unspecified atom stereocenters. The van der Waals surface area contributed by atoms with Gasteiger partial charge < -0.3 is 0 Å². The third kappa shape index (κ3) is 3.66. The molecule has 1 aliphatic rings. The summed E-state index contributed by atoms with van der Waals surface area (Å²) in [7, 11) is 0. The van der Waals surface area contributed by atoms with Gasteiger partial charge in [-0.05, 0) is 13.8 Å². The summed E-state index contributed by atoms with van der Waals surface area (Å²) in [5.74, 6) is -0.385. The molecule has 6 heteroatoms. The molecule has 174 valence electrons. The highest BCUT2D eigenvalue weighted by Gasteiger charge is 2.37. The van der Waals surface area contributed by atoms with Crippen molar-refractivity contribution in [2.45, 2.75) is 13.8 Å². The second-order valence-electron chi connectivity index (χ2n) is 8.53. The Hall–Kier alpha value is -4.00. The van der Waals surface area contributed by atoms with Crippen LogP contribution in [0.25, 0.3) is 32.3 Å². The number of benzene rings is 3. The second kappa shape index (κ2) is 8.90. The van der Waals surface area contributed by atoms with E-state index in [-0.39, 0.29) is 11.6 Å². The third-order valence-corrected chi connectivity index (χ3v) is 8.27. The van der Waals surface area contributed by atoms with E-state index in [0.717, 1.165) is 30.9 Å². The second-order valence-corrected chi connectivity index (χ2v) is 10.9. The molecule has 5 aromatic rings. The summed E-state index contributed by atoms with van der Waals surface area (Å²) in [6.07, 6.45) is 0. The minimum Gasteiger partial charge on any atom is -0.288 e. The number of hydrogen-bond acceptors (Lipinski definition) is 6. The van der Waals surface area contributed by atoms with Gasteiger partial charge in [0.25, 0.3) is 0 Å². The van der Waals surface area contributed by atoms with Crippen molar-refractivity contribution in [1.29, 1.82) is 0 Å². The van der Waals surface area contributed by atoms with Crippen molar-refractivity contribution < 1.29 is 9.59 Å². The molecule has 0 atom stereocenters. The first-order valence-corrected chi connectivity index (χ1v) is 13.2. The number of carbonyl (C=O) groups is 2. The van der Waals surface area contributed by atoms with Gasteiger partial charge in [0.2, 0.25) is 0 Å². The van der Waals surface area contributed by atoms with Crippen LogP contribution >= 0.6 is 22.7 Å². The van der Waals surface area contributed by atoms with E-state index in [1.54, 1.807) is 24.3 Å². The number of aromatic nitrogens is 2. The van der Waals surface area contributed by atoms with Gasteiger partial charge in [-0.15, -0.1) is 22.7 Å². The number of aryl methyl sites for hydroxylation is 2. The van der Waals surface area contributed by atoms with Gasteiger partial charge >= 0.3 is 0 Å². The van der Waals surface area contributed by atoms with Crippen molar-refractivity contribution in [2.75, 3.05) is 0 Å². The summed E-state index contributed by atoms with van der Waals surface area (Å²) in [4.78, 5) is 39.5. The van der Waals surface area contributed by atoms with Crippen LogP contribution in [0.4, 0.5) is 0 Å². The Kier molecular flexibility index (Phi) is 5.55. The van der Waals surface area contributed by atoms with Gasteiger partial charge in [-0.2, -0.15) is 0 Å². The van der Waals surface area contributed by atoms with Gasteiger partial charge in [0, 0.05) is 32.0 Å². The van der Waals surface area contributed by atoms with Crippen molar-refractivity contribution in [1.82, 2.24) is 9.97 Å². The topological polar surface area (TPSA) is 59.9 Å². The van der Waals surface area contributed by atoms with Crippen LogP contribution in [-0.4, -0.2) is 21.5 Å². The lowest BCUT2D eigenvalue weighted by Crippen LogP contribution is -2.21. The van der Waals surface area contributed by atoms with Crippen molar-refractivity contribution in [3.8, 4) is 21.1 Å². The molecule has 0 N–H and O–H groups in total. The SMILES string of the molecule is Cc1sc(-c2ccccc2)nc1C1=C(c2nc(-c3ccccc3)sc2C)C(=O)c2ccccc2C1=O. The Morgan fingerprint density at radius 3 is 1.28 bits per heavy atom. The van der Waals surface area contributed by atoms with Crippen LogP contribution in [-0.2, 0) is 0 Å². The van der Waals surface area contributed by atoms with Gasteiger partial charge in [-0.25, -0.2) is 9.97 Å². The lowest BCUT2D eigenvalue weighted by atomic mass is 9.81. The van der Waals surface area contributed by atoms with E-state index in [1.807, 2.05) is 74.5 Å². The average Bonchev–Trinajstić information content (AvgIpc) is 3.49. The molecule has 6 rings (SSSR count). The zero-order valence-corrected chi connectivity index (χ0v) is 21.2. The monoisotopic (exact) mass is 504 g/mol. The van der Waals surface area contributed by atoms with Crippen LogP contribution in [0.3, 0.4) is 0 Å². The normalized spacial score (nSPS) is 13.3. The zero-order chi connectivity index (χ0) is 24.8. The molecule has 0 saturated heterocycles. The highest BCUT2D eigenvalue weighted by atomic mass is 32.1. The first-order chi connectivity index (χ1) is 17.5. The molecule has 1 aliphatic carbocycles. The number of allylic oxidation sites excluding steroid dienone is 2. The number of rotatable bonds is 4. The van der Waals surface area contributed by atoms with Crippen LogP contribution in [0.5, 0.6) is 0 Å². The van der Waals surface area contributed by atoms with Crippen molar-refractivity contribution in [2.24, 2.45) is 0 Å². The van der Waals surface area contributed by atoms with Gasteiger partial charge in [-0.1, -0.05) is 84.9 Å². The van der Waals surface area contributed by atoms with Crippen molar-refractivity contribution >= 4 is 45.4 Å². The molecule has 2 heterocycles. The van der Waals surface area contributed by atoms with E-state index in [1.165, 1.54) is 22.7 Å². The Morgan fingerprint density at radius 2 is 0.889 bits per heavy atom. The van der Waals surface area contributed by atoms with E-state index in [0.29, 0.717) is 33.7 Å². The molecule has 0 fully saturated rings. The zero-order valence-electron chi connectivity index (χ0n) is 19.6. The number of nitrogens with zero attached hydrogens (tertiary/aromatic N) is 2. The summed E-state index contributed by atoms with van der Waals surface area (Å²) in [6, 6.07) is 26.8. The minimum absolute atomic E-state index is 0.193. The molecule has 0 amide bonds. The lowest BCUT2D eigenvalue weighted by Gasteiger charge is -2.20. The molecule has 2 aromatic heterocycles. The number of thiazole rings is 2. The van der Waals surface area contributed by atoms with Crippen LogP contribution in [0.15, 0.2) is 84.9 Å². The molecule has 0 bridgehead atoms. The predicted octanol–water partition coefficient (Wildman–Crippen LogP) is 7.54. The summed E-state index contributed by atoms with van der Waals surface area (Å²) in [6.45, 7) is 3.90. The van der Waals surface area contributed by atoms with E-state index < -0.39 is 0 Å². The molecular formula is C30H20N2O2S2. The van der Waals surface area contributed by atoms with Gasteiger partial charge in [0.1, 0.15) is 10.0 Å². The van der Waals surface area contributed by atoms with E-state index in [9.17, 15) is 9.59 Å². The van der Waals surface area contributed by atoms with Gasteiger partial charge in [-0.3, -0.25) is 9.59 Å². The first-order valence-electron chi connectivity index (χ1n) is 11.5. The first kappa shape index (κ1) is 22.5. The Balaban J connectivity index is 1.61. The molecule has 0 spiro atoms. The molecular weight excluding hydrogens is 484 g/mol. The fourth-order valence-corrected chi connectivity index (χ4v) is 6.34. The molecule has 4 nitrogen and oxygen atoms in total. The summed E-state index contributed by atoms with van der Waals surface area (Å²) < 4.78 is 0. The van der Waals surface area contributed by atoms with Crippen LogP contribution in [0.2, 0.25) is 0 Å². The minimum atomic E-state index is -0.193. The number of carbonyl (C=O) groups excluding carboxylic acids is 2. The van der Waals surface area contributed by atoms with Crippen LogP contribution in [0, 0.1) is 13.8 Å². The highest BCUT2D eigenvalue weighted by molar-refractivity contribution is 7.15. The fourth-order valence-electron chi connectivity index (χ4n) is 4.49. The number of ketones is 2. The van der Waals surface area contributed by atoms with E-state index in [2.05, 4.69) is 0 Å². The number of fused-ring (bicyclic) bond motifs is 1. The predicted molar refractivity (Wildman–Crippen MR) is 146 cm³/mol.